The molecule has 4 aromatic rings. The highest BCUT2D eigenvalue weighted by molar-refractivity contribution is 6.31. The van der Waals surface area contributed by atoms with E-state index in [9.17, 15) is 4.39 Å². The summed E-state index contributed by atoms with van der Waals surface area (Å²) in [5.74, 6) is 0.855. The van der Waals surface area contributed by atoms with Gasteiger partial charge in [0.05, 0.1) is 24.1 Å². The Morgan fingerprint density at radius 3 is 2.42 bits per heavy atom. The second-order valence-electron chi connectivity index (χ2n) is 7.94. The summed E-state index contributed by atoms with van der Waals surface area (Å²) in [5.41, 5.74) is 4.16. The van der Waals surface area contributed by atoms with Gasteiger partial charge >= 0.3 is 0 Å². The molecule has 5 rings (SSSR count). The summed E-state index contributed by atoms with van der Waals surface area (Å²) in [7, 11) is 0. The molecule has 1 saturated heterocycles. The summed E-state index contributed by atoms with van der Waals surface area (Å²) in [6.07, 6.45) is 0. The van der Waals surface area contributed by atoms with Gasteiger partial charge in [-0.3, -0.25) is 4.90 Å². The highest BCUT2D eigenvalue weighted by Crippen LogP contribution is 2.24. The molecule has 3 aromatic carbocycles. The molecule has 6 heteroatoms. The lowest BCUT2D eigenvalue weighted by Gasteiger charge is -2.36. The lowest BCUT2D eigenvalue weighted by atomic mass is 10.2. The summed E-state index contributed by atoms with van der Waals surface area (Å²) < 4.78 is 15.9. The molecule has 0 N–H and O–H groups in total. The van der Waals surface area contributed by atoms with E-state index in [4.69, 9.17) is 16.6 Å². The minimum Gasteiger partial charge on any atom is -0.369 e. The van der Waals surface area contributed by atoms with Gasteiger partial charge in [0.1, 0.15) is 11.6 Å². The molecule has 1 aliphatic rings. The van der Waals surface area contributed by atoms with Crippen LogP contribution in [0.2, 0.25) is 5.02 Å². The number of para-hydroxylation sites is 2. The molecule has 1 fully saturated rings. The summed E-state index contributed by atoms with van der Waals surface area (Å²) in [5, 5.41) is 0.773. The molecular weight excluding hydrogens is 411 g/mol. The van der Waals surface area contributed by atoms with Gasteiger partial charge in [-0.05, 0) is 42.0 Å². The SMILES string of the molecule is Fc1cccc(N2CCN(Cc3nc4ccccc4n3Cc3ccccc3Cl)CC2)c1. The van der Waals surface area contributed by atoms with Crippen LogP contribution >= 0.6 is 11.6 Å². The van der Waals surface area contributed by atoms with Crippen LogP contribution in [0.5, 0.6) is 0 Å². The van der Waals surface area contributed by atoms with Crippen molar-refractivity contribution in [2.75, 3.05) is 31.1 Å². The number of imidazole rings is 1. The average molecular weight is 435 g/mol. The predicted molar refractivity (Wildman–Crippen MR) is 124 cm³/mol. The molecule has 2 heterocycles. The number of aromatic nitrogens is 2. The number of fused-ring (bicyclic) bond motifs is 1. The molecule has 0 radical (unpaired) electrons. The van der Waals surface area contributed by atoms with Crippen molar-refractivity contribution < 1.29 is 4.39 Å². The van der Waals surface area contributed by atoms with Crippen LogP contribution in [0.4, 0.5) is 10.1 Å². The summed E-state index contributed by atoms with van der Waals surface area (Å²) >= 11 is 6.45. The van der Waals surface area contributed by atoms with E-state index in [0.717, 1.165) is 65.9 Å². The number of nitrogens with zero attached hydrogens (tertiary/aromatic N) is 4. The van der Waals surface area contributed by atoms with E-state index >= 15 is 0 Å². The van der Waals surface area contributed by atoms with Gasteiger partial charge in [-0.1, -0.05) is 48.0 Å². The fourth-order valence-electron chi connectivity index (χ4n) is 4.26. The zero-order valence-electron chi connectivity index (χ0n) is 17.2. The van der Waals surface area contributed by atoms with E-state index < -0.39 is 0 Å². The molecule has 31 heavy (non-hydrogen) atoms. The molecule has 0 unspecified atom stereocenters. The Labute approximate surface area is 186 Å². The zero-order valence-corrected chi connectivity index (χ0v) is 18.0. The number of rotatable bonds is 5. The Kier molecular flexibility index (Phi) is 5.62. The quantitative estimate of drug-likeness (QED) is 0.431. The van der Waals surface area contributed by atoms with Crippen molar-refractivity contribution in [1.29, 1.82) is 0 Å². The number of piperazine rings is 1. The predicted octanol–water partition coefficient (Wildman–Crippen LogP) is 5.20. The molecule has 1 aliphatic heterocycles. The zero-order chi connectivity index (χ0) is 21.2. The first-order chi connectivity index (χ1) is 15.2. The van der Waals surface area contributed by atoms with Crippen LogP contribution in [-0.4, -0.2) is 40.6 Å². The van der Waals surface area contributed by atoms with Gasteiger partial charge in [0.2, 0.25) is 0 Å². The average Bonchev–Trinajstić information content (AvgIpc) is 3.13. The number of benzene rings is 3. The third-order valence-corrected chi connectivity index (χ3v) is 6.30. The van der Waals surface area contributed by atoms with Crippen LogP contribution in [0, 0.1) is 5.82 Å². The maximum absolute atomic E-state index is 13.6. The van der Waals surface area contributed by atoms with Gasteiger partial charge in [0.15, 0.2) is 0 Å². The lowest BCUT2D eigenvalue weighted by molar-refractivity contribution is 0.241. The van der Waals surface area contributed by atoms with Gasteiger partial charge in [-0.2, -0.15) is 0 Å². The smallest absolute Gasteiger partial charge is 0.125 e. The van der Waals surface area contributed by atoms with Crippen LogP contribution in [-0.2, 0) is 13.1 Å². The molecule has 0 atom stereocenters. The number of halogens is 2. The van der Waals surface area contributed by atoms with Crippen molar-refractivity contribution in [2.24, 2.45) is 0 Å². The molecule has 0 bridgehead atoms. The Balaban J connectivity index is 1.35. The van der Waals surface area contributed by atoms with Crippen LogP contribution < -0.4 is 4.90 Å². The van der Waals surface area contributed by atoms with Crippen molar-refractivity contribution in [3.63, 3.8) is 0 Å². The van der Waals surface area contributed by atoms with Crippen LogP contribution in [0.25, 0.3) is 11.0 Å². The molecule has 0 aliphatic carbocycles. The Morgan fingerprint density at radius 2 is 1.61 bits per heavy atom. The van der Waals surface area contributed by atoms with Gasteiger partial charge < -0.3 is 9.47 Å². The molecule has 0 amide bonds. The Morgan fingerprint density at radius 1 is 0.839 bits per heavy atom. The van der Waals surface area contributed by atoms with Crippen molar-refractivity contribution in [1.82, 2.24) is 14.5 Å². The van der Waals surface area contributed by atoms with Crippen molar-refractivity contribution in [3.05, 3.63) is 95.0 Å². The third kappa shape index (κ3) is 4.29. The maximum atomic E-state index is 13.6. The van der Waals surface area contributed by atoms with E-state index in [-0.39, 0.29) is 5.82 Å². The molecule has 4 nitrogen and oxygen atoms in total. The highest BCUT2D eigenvalue weighted by atomic mass is 35.5. The molecule has 0 spiro atoms. The molecular formula is C25H24ClFN4. The van der Waals surface area contributed by atoms with E-state index in [1.54, 1.807) is 12.1 Å². The molecule has 1 aromatic heterocycles. The van der Waals surface area contributed by atoms with E-state index in [2.05, 4.69) is 38.6 Å². The van der Waals surface area contributed by atoms with Crippen molar-refractivity contribution >= 4 is 28.3 Å². The maximum Gasteiger partial charge on any atom is 0.125 e. The van der Waals surface area contributed by atoms with Crippen molar-refractivity contribution in [2.45, 2.75) is 13.1 Å². The first-order valence-electron chi connectivity index (χ1n) is 10.6. The van der Waals surface area contributed by atoms with Gasteiger partial charge in [-0.15, -0.1) is 0 Å². The fraction of sp³-hybridized carbons (Fsp3) is 0.240. The second-order valence-corrected chi connectivity index (χ2v) is 8.34. The Hall–Kier alpha value is -2.89. The van der Waals surface area contributed by atoms with Crippen LogP contribution in [0.15, 0.2) is 72.8 Å². The second kappa shape index (κ2) is 8.69. The number of anilines is 1. The van der Waals surface area contributed by atoms with Crippen LogP contribution in [0.3, 0.4) is 0 Å². The number of hydrogen-bond acceptors (Lipinski definition) is 3. The topological polar surface area (TPSA) is 24.3 Å². The summed E-state index contributed by atoms with van der Waals surface area (Å²) in [6, 6.07) is 23.1. The monoisotopic (exact) mass is 434 g/mol. The van der Waals surface area contributed by atoms with E-state index in [1.165, 1.54) is 6.07 Å². The van der Waals surface area contributed by atoms with Gasteiger partial charge in [-0.25, -0.2) is 9.37 Å². The van der Waals surface area contributed by atoms with Gasteiger partial charge in [0, 0.05) is 36.9 Å². The lowest BCUT2D eigenvalue weighted by Crippen LogP contribution is -2.46. The first kappa shape index (κ1) is 20.0. The van der Waals surface area contributed by atoms with E-state index in [0.29, 0.717) is 6.54 Å². The summed E-state index contributed by atoms with van der Waals surface area (Å²) in [6.45, 7) is 5.02. The largest absolute Gasteiger partial charge is 0.369 e. The highest BCUT2D eigenvalue weighted by Gasteiger charge is 2.20. The molecule has 158 valence electrons. The first-order valence-corrected chi connectivity index (χ1v) is 11.0. The third-order valence-electron chi connectivity index (χ3n) is 5.93. The standard InChI is InChI=1S/C25H24ClFN4/c26-22-9-2-1-6-19(22)17-31-24-11-4-3-10-23(24)28-25(31)18-29-12-14-30(15-13-29)21-8-5-7-20(27)16-21/h1-11,16H,12-15,17-18H2. The minimum absolute atomic E-state index is 0.187. The fourth-order valence-corrected chi connectivity index (χ4v) is 4.45. The van der Waals surface area contributed by atoms with E-state index in [1.807, 2.05) is 30.3 Å². The Bertz CT molecular complexity index is 1200. The summed E-state index contributed by atoms with van der Waals surface area (Å²) in [4.78, 5) is 9.60. The normalized spacial score (nSPS) is 15.0. The minimum atomic E-state index is -0.187. The van der Waals surface area contributed by atoms with Crippen LogP contribution in [0.1, 0.15) is 11.4 Å². The number of hydrogen-bond donors (Lipinski definition) is 0. The van der Waals surface area contributed by atoms with Crippen molar-refractivity contribution in [3.8, 4) is 0 Å². The van der Waals surface area contributed by atoms with Gasteiger partial charge in [0.25, 0.3) is 0 Å². The molecule has 0 saturated carbocycles.